The summed E-state index contributed by atoms with van der Waals surface area (Å²) in [7, 11) is 0. The van der Waals surface area contributed by atoms with Crippen LogP contribution in [0.4, 0.5) is 4.39 Å². The molecule has 0 bridgehead atoms. The molecule has 0 spiro atoms. The highest BCUT2D eigenvalue weighted by Crippen LogP contribution is 2.33. The van der Waals surface area contributed by atoms with Crippen molar-refractivity contribution in [2.75, 3.05) is 13.1 Å². The topological polar surface area (TPSA) is 103 Å². The fourth-order valence-electron chi connectivity index (χ4n) is 5.13. The maximum absolute atomic E-state index is 14.5. The lowest BCUT2D eigenvalue weighted by Gasteiger charge is -2.34. The number of rotatable bonds is 7. The van der Waals surface area contributed by atoms with Gasteiger partial charge in [-0.05, 0) is 66.7 Å². The fourth-order valence-corrected chi connectivity index (χ4v) is 5.13. The molecule has 208 valence electrons. The summed E-state index contributed by atoms with van der Waals surface area (Å²) >= 11 is 0. The van der Waals surface area contributed by atoms with Crippen LogP contribution in [-0.2, 0) is 22.7 Å². The van der Waals surface area contributed by atoms with Gasteiger partial charge in [0.2, 0.25) is 0 Å². The van der Waals surface area contributed by atoms with Gasteiger partial charge in [-0.2, -0.15) is 0 Å². The molecule has 40 heavy (non-hydrogen) atoms. The van der Waals surface area contributed by atoms with E-state index in [1.165, 1.54) is 11.6 Å². The standard InChI is InChI=1S/C30H31FN2O.C2H2O4/c31-28-14-7-6-13-27(28)26-12-5-4-11-25(26)22-33-18-8-15-29(33)30(34)24-16-19-32(20-17-24)21-23-9-2-1-3-10-23;3-1(4)2(5)6/h1-15,18,24,30,34H,16-17,19-22H2;(H,3,4)(H,5,6). The lowest BCUT2D eigenvalue weighted by molar-refractivity contribution is -0.159. The van der Waals surface area contributed by atoms with Crippen molar-refractivity contribution in [2.45, 2.75) is 32.0 Å². The van der Waals surface area contributed by atoms with Crippen LogP contribution in [-0.4, -0.2) is 49.8 Å². The number of hydrogen-bond donors (Lipinski definition) is 3. The van der Waals surface area contributed by atoms with Crippen molar-refractivity contribution < 1.29 is 29.3 Å². The average Bonchev–Trinajstić information content (AvgIpc) is 3.43. The van der Waals surface area contributed by atoms with Crippen LogP contribution >= 0.6 is 0 Å². The molecular formula is C32H33FN2O5. The van der Waals surface area contributed by atoms with E-state index in [4.69, 9.17) is 19.8 Å². The Morgan fingerprint density at radius 2 is 1.38 bits per heavy atom. The largest absolute Gasteiger partial charge is 0.473 e. The third kappa shape index (κ3) is 7.43. The van der Waals surface area contributed by atoms with Gasteiger partial charge in [-0.3, -0.25) is 4.90 Å². The number of carboxylic acids is 2. The van der Waals surface area contributed by atoms with Gasteiger partial charge in [0.15, 0.2) is 0 Å². The Hall–Kier alpha value is -4.27. The van der Waals surface area contributed by atoms with Crippen LogP contribution in [0.2, 0.25) is 0 Å². The SMILES string of the molecule is O=C(O)C(=O)O.OC(c1cccn1Cc1ccccc1-c1ccccc1F)C1CCN(Cc2ccccc2)CC1. The van der Waals surface area contributed by atoms with Gasteiger partial charge in [-0.1, -0.05) is 72.8 Å². The van der Waals surface area contributed by atoms with Gasteiger partial charge in [-0.15, -0.1) is 0 Å². The quantitative estimate of drug-likeness (QED) is 0.268. The van der Waals surface area contributed by atoms with Crippen LogP contribution in [0.5, 0.6) is 0 Å². The fraction of sp³-hybridized carbons (Fsp3) is 0.250. The average molecular weight is 545 g/mol. The third-order valence-electron chi connectivity index (χ3n) is 7.20. The molecule has 4 aromatic rings. The van der Waals surface area contributed by atoms with Gasteiger partial charge in [0.25, 0.3) is 0 Å². The Labute approximate surface area is 232 Å². The Morgan fingerprint density at radius 1 is 0.775 bits per heavy atom. The maximum Gasteiger partial charge on any atom is 0.414 e. The molecule has 1 atom stereocenters. The first-order chi connectivity index (χ1) is 19.3. The molecule has 8 heteroatoms. The van der Waals surface area contributed by atoms with E-state index in [0.29, 0.717) is 12.1 Å². The van der Waals surface area contributed by atoms with Crippen molar-refractivity contribution in [3.8, 4) is 11.1 Å². The molecule has 0 aliphatic carbocycles. The number of aromatic nitrogens is 1. The van der Waals surface area contributed by atoms with Crippen molar-refractivity contribution in [1.82, 2.24) is 9.47 Å². The predicted octanol–water partition coefficient (Wildman–Crippen LogP) is 5.44. The van der Waals surface area contributed by atoms with Crippen LogP contribution in [0.3, 0.4) is 0 Å². The van der Waals surface area contributed by atoms with Crippen LogP contribution in [0.25, 0.3) is 11.1 Å². The second kappa shape index (κ2) is 13.7. The van der Waals surface area contributed by atoms with Crippen LogP contribution < -0.4 is 0 Å². The smallest absolute Gasteiger partial charge is 0.414 e. The number of carboxylic acid groups (broad SMARTS) is 2. The molecule has 0 saturated carbocycles. The van der Waals surface area contributed by atoms with E-state index >= 15 is 0 Å². The van der Waals surface area contributed by atoms with Gasteiger partial charge in [0.1, 0.15) is 5.82 Å². The van der Waals surface area contributed by atoms with Crippen molar-refractivity contribution >= 4 is 11.9 Å². The van der Waals surface area contributed by atoms with E-state index in [-0.39, 0.29) is 11.7 Å². The van der Waals surface area contributed by atoms with E-state index in [1.807, 2.05) is 54.7 Å². The van der Waals surface area contributed by atoms with E-state index in [0.717, 1.165) is 49.3 Å². The summed E-state index contributed by atoms with van der Waals surface area (Å²) in [4.78, 5) is 20.7. The Bertz CT molecular complexity index is 1400. The normalized spacial score (nSPS) is 14.7. The zero-order chi connectivity index (χ0) is 28.5. The summed E-state index contributed by atoms with van der Waals surface area (Å²) in [5.74, 6) is -3.63. The summed E-state index contributed by atoms with van der Waals surface area (Å²) in [6.45, 7) is 3.55. The maximum atomic E-state index is 14.5. The Kier molecular flexibility index (Phi) is 9.83. The number of nitrogens with zero attached hydrogens (tertiary/aromatic N) is 2. The molecule has 1 aliphatic rings. The second-order valence-corrected chi connectivity index (χ2v) is 9.85. The van der Waals surface area contributed by atoms with Gasteiger partial charge in [0, 0.05) is 30.5 Å². The lowest BCUT2D eigenvalue weighted by Crippen LogP contribution is -2.35. The van der Waals surface area contributed by atoms with Gasteiger partial charge >= 0.3 is 11.9 Å². The molecule has 3 aromatic carbocycles. The first kappa shape index (κ1) is 28.7. The second-order valence-electron chi connectivity index (χ2n) is 9.85. The summed E-state index contributed by atoms with van der Waals surface area (Å²) in [5, 5.41) is 26.1. The van der Waals surface area contributed by atoms with Crippen molar-refractivity contribution in [2.24, 2.45) is 5.92 Å². The molecule has 5 rings (SSSR count). The van der Waals surface area contributed by atoms with Crippen LogP contribution in [0.1, 0.15) is 35.8 Å². The highest BCUT2D eigenvalue weighted by molar-refractivity contribution is 6.27. The van der Waals surface area contributed by atoms with Crippen LogP contribution in [0.15, 0.2) is 97.2 Å². The van der Waals surface area contributed by atoms with Crippen molar-refractivity contribution in [3.63, 3.8) is 0 Å². The lowest BCUT2D eigenvalue weighted by atomic mass is 9.89. The number of hydrogen-bond acceptors (Lipinski definition) is 4. The minimum Gasteiger partial charge on any atom is -0.473 e. The number of aliphatic carboxylic acids is 2. The number of aliphatic hydroxyl groups is 1. The van der Waals surface area contributed by atoms with E-state index in [1.54, 1.807) is 6.07 Å². The number of likely N-dealkylation sites (tertiary alicyclic amines) is 1. The molecule has 1 unspecified atom stereocenters. The first-order valence-corrected chi connectivity index (χ1v) is 13.2. The predicted molar refractivity (Wildman–Crippen MR) is 150 cm³/mol. The minimum atomic E-state index is -1.82. The highest BCUT2D eigenvalue weighted by atomic mass is 19.1. The zero-order valence-corrected chi connectivity index (χ0v) is 22.1. The Morgan fingerprint density at radius 3 is 2.02 bits per heavy atom. The van der Waals surface area contributed by atoms with Crippen molar-refractivity contribution in [3.05, 3.63) is 120 Å². The zero-order valence-electron chi connectivity index (χ0n) is 22.1. The number of halogens is 1. The van der Waals surface area contributed by atoms with Crippen molar-refractivity contribution in [1.29, 1.82) is 0 Å². The molecule has 0 amide bonds. The van der Waals surface area contributed by atoms with E-state index in [2.05, 4.69) is 39.8 Å². The number of aliphatic hydroxyl groups excluding tert-OH is 1. The molecule has 2 heterocycles. The summed E-state index contributed by atoms with van der Waals surface area (Å²) in [6, 6.07) is 29.4. The number of piperidine rings is 1. The summed E-state index contributed by atoms with van der Waals surface area (Å²) < 4.78 is 16.6. The van der Waals surface area contributed by atoms with Gasteiger partial charge in [-0.25, -0.2) is 14.0 Å². The molecular weight excluding hydrogens is 511 g/mol. The Balaban J connectivity index is 0.000000557. The minimum absolute atomic E-state index is 0.218. The molecule has 7 nitrogen and oxygen atoms in total. The number of benzene rings is 3. The van der Waals surface area contributed by atoms with E-state index in [9.17, 15) is 9.50 Å². The van der Waals surface area contributed by atoms with Crippen LogP contribution in [0, 0.1) is 11.7 Å². The first-order valence-electron chi connectivity index (χ1n) is 13.2. The molecule has 1 aromatic heterocycles. The molecule has 1 saturated heterocycles. The monoisotopic (exact) mass is 544 g/mol. The van der Waals surface area contributed by atoms with Gasteiger partial charge < -0.3 is 19.9 Å². The van der Waals surface area contributed by atoms with E-state index < -0.39 is 18.0 Å². The molecule has 0 radical (unpaired) electrons. The number of carbonyl (C=O) groups is 2. The summed E-state index contributed by atoms with van der Waals surface area (Å²) in [5.41, 5.74) is 4.81. The third-order valence-corrected chi connectivity index (χ3v) is 7.20. The summed E-state index contributed by atoms with van der Waals surface area (Å²) in [6.07, 6.45) is 3.46. The molecule has 1 aliphatic heterocycles. The molecule has 1 fully saturated rings. The highest BCUT2D eigenvalue weighted by Gasteiger charge is 2.28. The molecule has 3 N–H and O–H groups in total. The van der Waals surface area contributed by atoms with Gasteiger partial charge in [0.05, 0.1) is 6.10 Å².